The summed E-state index contributed by atoms with van der Waals surface area (Å²) in [7, 11) is 1.72. The van der Waals surface area contributed by atoms with Gasteiger partial charge in [0.25, 0.3) is 11.8 Å². The second kappa shape index (κ2) is 11.7. The molecule has 0 bridgehead atoms. The second-order valence-electron chi connectivity index (χ2n) is 9.75. The average Bonchev–Trinajstić information content (AvgIpc) is 3.31. The third-order valence-electron chi connectivity index (χ3n) is 6.58. The van der Waals surface area contributed by atoms with Crippen molar-refractivity contribution in [2.45, 2.75) is 32.9 Å². The van der Waals surface area contributed by atoms with Gasteiger partial charge in [-0.05, 0) is 55.8 Å². The molecule has 1 unspecified atom stereocenters. The van der Waals surface area contributed by atoms with Gasteiger partial charge in [-0.25, -0.2) is 0 Å². The van der Waals surface area contributed by atoms with Crippen LogP contribution in [0.1, 0.15) is 46.5 Å². The van der Waals surface area contributed by atoms with E-state index in [9.17, 15) is 19.2 Å². The van der Waals surface area contributed by atoms with Crippen LogP contribution in [-0.2, 0) is 16.1 Å². The summed E-state index contributed by atoms with van der Waals surface area (Å²) in [5.74, 6) is -1.21. The molecule has 38 heavy (non-hydrogen) atoms. The molecule has 8 nitrogen and oxygen atoms in total. The van der Waals surface area contributed by atoms with Crippen LogP contribution >= 0.6 is 0 Å². The molecule has 0 aromatic heterocycles. The minimum absolute atomic E-state index is 0.0165. The lowest BCUT2D eigenvalue weighted by atomic mass is 10.1. The predicted octanol–water partition coefficient (Wildman–Crippen LogP) is 4.41. The van der Waals surface area contributed by atoms with E-state index in [-0.39, 0.29) is 36.1 Å². The molecule has 3 aromatic carbocycles. The van der Waals surface area contributed by atoms with Crippen LogP contribution in [0.2, 0.25) is 0 Å². The first-order valence-corrected chi connectivity index (χ1v) is 12.6. The van der Waals surface area contributed by atoms with Crippen LogP contribution < -0.4 is 10.6 Å². The second-order valence-corrected chi connectivity index (χ2v) is 9.75. The summed E-state index contributed by atoms with van der Waals surface area (Å²) in [6, 6.07) is 23.2. The Labute approximate surface area is 222 Å². The third-order valence-corrected chi connectivity index (χ3v) is 6.58. The lowest BCUT2D eigenvalue weighted by Crippen LogP contribution is -2.33. The lowest BCUT2D eigenvalue weighted by molar-refractivity contribution is -0.129. The molecule has 1 aliphatic heterocycles. The average molecular weight is 513 g/mol. The molecule has 1 fully saturated rings. The van der Waals surface area contributed by atoms with Gasteiger partial charge in [0, 0.05) is 43.9 Å². The Morgan fingerprint density at radius 2 is 1.58 bits per heavy atom. The number of nitrogens with zero attached hydrogens (tertiary/aromatic N) is 2. The number of rotatable bonds is 8. The van der Waals surface area contributed by atoms with Gasteiger partial charge in [0.15, 0.2) is 0 Å². The van der Waals surface area contributed by atoms with E-state index in [1.165, 1.54) is 0 Å². The van der Waals surface area contributed by atoms with Crippen molar-refractivity contribution in [3.05, 3.63) is 95.6 Å². The standard InChI is InChI=1S/C30H32N4O4/c1-20(2)34-19-23(17-27(34)35)29(37)31-24-15-13-22(14-16-24)28(36)32-26-12-8-7-11-25(26)30(38)33(3)18-21-9-5-4-6-10-21/h4-16,20,23H,17-19H2,1-3H3,(H,31,37)(H,32,36). The van der Waals surface area contributed by atoms with Crippen molar-refractivity contribution in [3.8, 4) is 0 Å². The maximum Gasteiger partial charge on any atom is 0.256 e. The Kier molecular flexibility index (Phi) is 8.21. The molecule has 1 heterocycles. The summed E-state index contributed by atoms with van der Waals surface area (Å²) in [5.41, 5.74) is 2.74. The number of hydrogen-bond donors (Lipinski definition) is 2. The topological polar surface area (TPSA) is 98.8 Å². The Balaban J connectivity index is 1.38. The number of para-hydroxylation sites is 1. The third kappa shape index (κ3) is 6.26. The van der Waals surface area contributed by atoms with E-state index in [1.54, 1.807) is 65.4 Å². The molecule has 4 rings (SSSR count). The minimum atomic E-state index is -0.401. The molecule has 4 amide bonds. The predicted molar refractivity (Wildman–Crippen MR) is 147 cm³/mol. The van der Waals surface area contributed by atoms with Crippen LogP contribution in [0.3, 0.4) is 0 Å². The fraction of sp³-hybridized carbons (Fsp3) is 0.267. The number of anilines is 2. The monoisotopic (exact) mass is 512 g/mol. The highest BCUT2D eigenvalue weighted by Crippen LogP contribution is 2.23. The van der Waals surface area contributed by atoms with Crippen LogP contribution in [0.4, 0.5) is 11.4 Å². The van der Waals surface area contributed by atoms with Crippen molar-refractivity contribution < 1.29 is 19.2 Å². The summed E-state index contributed by atoms with van der Waals surface area (Å²) < 4.78 is 0. The van der Waals surface area contributed by atoms with E-state index in [4.69, 9.17) is 0 Å². The Morgan fingerprint density at radius 3 is 2.24 bits per heavy atom. The molecule has 8 heteroatoms. The molecule has 0 spiro atoms. The highest BCUT2D eigenvalue weighted by molar-refractivity contribution is 6.09. The quantitative estimate of drug-likeness (QED) is 0.467. The molecule has 1 aliphatic rings. The summed E-state index contributed by atoms with van der Waals surface area (Å²) in [6.07, 6.45) is 0.198. The van der Waals surface area contributed by atoms with Gasteiger partial charge >= 0.3 is 0 Å². The van der Waals surface area contributed by atoms with E-state index in [0.29, 0.717) is 35.6 Å². The van der Waals surface area contributed by atoms with Crippen LogP contribution in [0.15, 0.2) is 78.9 Å². The summed E-state index contributed by atoms with van der Waals surface area (Å²) >= 11 is 0. The van der Waals surface area contributed by atoms with Crippen LogP contribution in [-0.4, -0.2) is 53.1 Å². The number of carbonyl (C=O) groups is 4. The first kappa shape index (κ1) is 26.6. The summed E-state index contributed by atoms with van der Waals surface area (Å²) in [5, 5.41) is 5.67. The fourth-order valence-electron chi connectivity index (χ4n) is 4.46. The SMILES string of the molecule is CC(C)N1CC(C(=O)Nc2ccc(C(=O)Nc3ccccc3C(=O)N(C)Cc3ccccc3)cc2)CC1=O. The Hall–Kier alpha value is -4.46. The van der Waals surface area contributed by atoms with Gasteiger partial charge in [-0.1, -0.05) is 42.5 Å². The number of carbonyl (C=O) groups excluding carboxylic acids is 4. The smallest absolute Gasteiger partial charge is 0.256 e. The van der Waals surface area contributed by atoms with Gasteiger partial charge in [-0.15, -0.1) is 0 Å². The van der Waals surface area contributed by atoms with Gasteiger partial charge in [0.1, 0.15) is 0 Å². The zero-order valence-electron chi connectivity index (χ0n) is 21.8. The lowest BCUT2D eigenvalue weighted by Gasteiger charge is -2.20. The molecular weight excluding hydrogens is 480 g/mol. The van der Waals surface area contributed by atoms with E-state index in [1.807, 2.05) is 44.2 Å². The largest absolute Gasteiger partial charge is 0.339 e. The highest BCUT2D eigenvalue weighted by Gasteiger charge is 2.35. The molecule has 0 saturated carbocycles. The zero-order chi connectivity index (χ0) is 27.2. The molecule has 1 saturated heterocycles. The highest BCUT2D eigenvalue weighted by atomic mass is 16.2. The Bertz CT molecular complexity index is 1320. The maximum atomic E-state index is 13.1. The number of nitrogens with one attached hydrogen (secondary N) is 2. The Morgan fingerprint density at radius 1 is 0.921 bits per heavy atom. The number of likely N-dealkylation sites (tertiary alicyclic amines) is 1. The molecule has 0 aliphatic carbocycles. The van der Waals surface area contributed by atoms with Crippen molar-refractivity contribution in [1.82, 2.24) is 9.80 Å². The number of hydrogen-bond acceptors (Lipinski definition) is 4. The summed E-state index contributed by atoms with van der Waals surface area (Å²) in [4.78, 5) is 54.2. The van der Waals surface area contributed by atoms with Crippen molar-refractivity contribution in [2.75, 3.05) is 24.2 Å². The molecule has 196 valence electrons. The summed E-state index contributed by atoms with van der Waals surface area (Å²) in [6.45, 7) is 4.71. The van der Waals surface area contributed by atoms with Gasteiger partial charge in [0.05, 0.1) is 17.2 Å². The first-order valence-electron chi connectivity index (χ1n) is 12.6. The van der Waals surface area contributed by atoms with E-state index < -0.39 is 5.92 Å². The van der Waals surface area contributed by atoms with Crippen molar-refractivity contribution >= 4 is 35.0 Å². The normalized spacial score (nSPS) is 14.9. The van der Waals surface area contributed by atoms with Gasteiger partial charge in [-0.3, -0.25) is 19.2 Å². The van der Waals surface area contributed by atoms with Crippen molar-refractivity contribution in [3.63, 3.8) is 0 Å². The van der Waals surface area contributed by atoms with Crippen LogP contribution in [0.25, 0.3) is 0 Å². The van der Waals surface area contributed by atoms with Crippen LogP contribution in [0.5, 0.6) is 0 Å². The fourth-order valence-corrected chi connectivity index (χ4v) is 4.46. The molecule has 3 aromatic rings. The van der Waals surface area contributed by atoms with E-state index in [2.05, 4.69) is 10.6 Å². The van der Waals surface area contributed by atoms with Gasteiger partial charge in [0.2, 0.25) is 11.8 Å². The van der Waals surface area contributed by atoms with Crippen LogP contribution in [0, 0.1) is 5.92 Å². The van der Waals surface area contributed by atoms with Crippen molar-refractivity contribution in [2.24, 2.45) is 5.92 Å². The van der Waals surface area contributed by atoms with E-state index >= 15 is 0 Å². The van der Waals surface area contributed by atoms with Crippen molar-refractivity contribution in [1.29, 1.82) is 0 Å². The van der Waals surface area contributed by atoms with E-state index in [0.717, 1.165) is 5.56 Å². The minimum Gasteiger partial charge on any atom is -0.339 e. The number of amides is 4. The number of benzene rings is 3. The molecule has 1 atom stereocenters. The maximum absolute atomic E-state index is 13.1. The first-order chi connectivity index (χ1) is 18.2. The van der Waals surface area contributed by atoms with Gasteiger partial charge in [-0.2, -0.15) is 0 Å². The molecular formula is C30H32N4O4. The molecule has 2 N–H and O–H groups in total. The zero-order valence-corrected chi connectivity index (χ0v) is 21.8. The molecule has 0 radical (unpaired) electrons. The van der Waals surface area contributed by atoms with Gasteiger partial charge < -0.3 is 20.4 Å².